The van der Waals surface area contributed by atoms with Crippen molar-refractivity contribution < 1.29 is 37.1 Å². The Kier molecular flexibility index (Phi) is 9.65. The Morgan fingerprint density at radius 3 is 2.63 bits per heavy atom. The van der Waals surface area contributed by atoms with Gasteiger partial charge >= 0.3 is 6.09 Å². The predicted molar refractivity (Wildman–Crippen MR) is 170 cm³/mol. The summed E-state index contributed by atoms with van der Waals surface area (Å²) in [7, 11) is -3.86. The molecule has 12 nitrogen and oxygen atoms in total. The van der Waals surface area contributed by atoms with E-state index >= 15 is 0 Å². The molecule has 3 N–H and O–H groups in total. The summed E-state index contributed by atoms with van der Waals surface area (Å²) in [6, 6.07) is 5.76. The Morgan fingerprint density at radius 2 is 1.96 bits per heavy atom. The van der Waals surface area contributed by atoms with Crippen molar-refractivity contribution in [2.75, 3.05) is 13.2 Å². The molecule has 1 aromatic rings. The molecule has 5 rings (SSSR count). The smallest absolute Gasteiger partial charge is 0.407 e. The third-order valence-corrected chi connectivity index (χ3v) is 10.8. The summed E-state index contributed by atoms with van der Waals surface area (Å²) in [5.41, 5.74) is -0.331. The van der Waals surface area contributed by atoms with Gasteiger partial charge in [0.1, 0.15) is 17.6 Å². The first-order valence-corrected chi connectivity index (χ1v) is 17.4. The summed E-state index contributed by atoms with van der Waals surface area (Å²) in [4.78, 5) is 55.7. The second kappa shape index (κ2) is 13.2. The Balaban J connectivity index is 1.41. The van der Waals surface area contributed by atoms with E-state index in [2.05, 4.69) is 21.9 Å². The van der Waals surface area contributed by atoms with Gasteiger partial charge in [0.25, 0.3) is 5.91 Å². The number of ether oxygens (including phenoxy) is 2. The molecule has 13 heteroatoms. The number of carbonyl (C=O) groups excluding carboxylic acids is 4. The third-order valence-electron chi connectivity index (χ3n) is 8.97. The molecule has 2 heterocycles. The lowest BCUT2D eigenvalue weighted by Gasteiger charge is -2.35. The van der Waals surface area contributed by atoms with E-state index in [0.29, 0.717) is 25.7 Å². The Morgan fingerprint density at radius 1 is 1.20 bits per heavy atom. The Labute approximate surface area is 270 Å². The maximum Gasteiger partial charge on any atom is 0.407 e. The van der Waals surface area contributed by atoms with E-state index in [4.69, 9.17) is 9.47 Å². The van der Waals surface area contributed by atoms with Crippen LogP contribution in [-0.2, 0) is 40.5 Å². The fourth-order valence-corrected chi connectivity index (χ4v) is 7.35. The van der Waals surface area contributed by atoms with E-state index < -0.39 is 74.1 Å². The van der Waals surface area contributed by atoms with Gasteiger partial charge in [-0.2, -0.15) is 0 Å². The zero-order valence-corrected chi connectivity index (χ0v) is 27.4. The van der Waals surface area contributed by atoms with Crippen LogP contribution in [0.25, 0.3) is 6.08 Å². The number of amides is 4. The highest BCUT2D eigenvalue weighted by Crippen LogP contribution is 2.45. The number of hydrogen-bond acceptors (Lipinski definition) is 8. The van der Waals surface area contributed by atoms with E-state index in [1.165, 1.54) is 11.0 Å². The van der Waals surface area contributed by atoms with Crippen molar-refractivity contribution in [3.8, 4) is 0 Å². The third kappa shape index (κ3) is 7.63. The Hall–Kier alpha value is -3.71. The molecular weight excluding hydrogens is 612 g/mol. The van der Waals surface area contributed by atoms with Crippen LogP contribution >= 0.6 is 0 Å². The number of carbonyl (C=O) groups is 4. The predicted octanol–water partition coefficient (Wildman–Crippen LogP) is 2.79. The van der Waals surface area contributed by atoms with Crippen molar-refractivity contribution in [3.05, 3.63) is 54.1 Å². The van der Waals surface area contributed by atoms with Crippen molar-refractivity contribution in [3.63, 3.8) is 0 Å². The van der Waals surface area contributed by atoms with Gasteiger partial charge < -0.3 is 25.0 Å². The van der Waals surface area contributed by atoms with Crippen LogP contribution in [-0.4, -0.2) is 79.3 Å². The van der Waals surface area contributed by atoms with E-state index in [9.17, 15) is 27.6 Å². The molecule has 5 atom stereocenters. The molecule has 4 amide bonds. The van der Waals surface area contributed by atoms with Crippen molar-refractivity contribution in [1.29, 1.82) is 0 Å². The van der Waals surface area contributed by atoms with Gasteiger partial charge in [-0.05, 0) is 54.7 Å². The van der Waals surface area contributed by atoms with Gasteiger partial charge in [0.15, 0.2) is 0 Å². The number of alkyl carbamates (subject to hydrolysis) is 1. The average molecular weight is 657 g/mol. The van der Waals surface area contributed by atoms with Crippen molar-refractivity contribution in [2.24, 2.45) is 11.3 Å². The fraction of sp³-hybridized carbons (Fsp3) is 0.576. The van der Waals surface area contributed by atoms with Crippen molar-refractivity contribution in [1.82, 2.24) is 20.3 Å². The minimum atomic E-state index is -3.86. The molecule has 3 fully saturated rings. The second-order valence-electron chi connectivity index (χ2n) is 13.7. The maximum absolute atomic E-state index is 14.2. The molecule has 0 spiro atoms. The van der Waals surface area contributed by atoms with Gasteiger partial charge in [0.05, 0.1) is 24.6 Å². The van der Waals surface area contributed by atoms with Gasteiger partial charge in [-0.3, -0.25) is 19.1 Å². The van der Waals surface area contributed by atoms with Gasteiger partial charge in [-0.25, -0.2) is 13.2 Å². The zero-order valence-electron chi connectivity index (χ0n) is 26.6. The number of fused-ring (bicyclic) bond motifs is 4. The number of nitrogens with one attached hydrogen (secondary N) is 3. The molecule has 1 aromatic carbocycles. The number of hydrogen-bond donors (Lipinski definition) is 3. The molecule has 1 saturated heterocycles. The quantitative estimate of drug-likeness (QED) is 0.394. The highest BCUT2D eigenvalue weighted by Gasteiger charge is 2.62. The van der Waals surface area contributed by atoms with Crippen LogP contribution < -0.4 is 15.4 Å². The SMILES string of the molecule is C=C[C@@H]1CC1(NC(=O)[C@@H]1C[C@@H]2CN1C(=O)[C@H](C(C)(C)C)NC(=O)OCCC/C=C/c1cccc(c1)CO2)C(=O)NS(=O)(=O)C1CC1. The summed E-state index contributed by atoms with van der Waals surface area (Å²) >= 11 is 0. The number of nitrogens with zero attached hydrogens (tertiary/aromatic N) is 1. The first-order valence-electron chi connectivity index (χ1n) is 15.8. The summed E-state index contributed by atoms with van der Waals surface area (Å²) in [6.45, 7) is 9.64. The van der Waals surface area contributed by atoms with Crippen LogP contribution in [0.4, 0.5) is 4.79 Å². The topological polar surface area (TPSA) is 160 Å². The van der Waals surface area contributed by atoms with Crippen molar-refractivity contribution in [2.45, 2.75) is 94.9 Å². The van der Waals surface area contributed by atoms with Crippen LogP contribution in [0.2, 0.25) is 0 Å². The lowest BCUT2D eigenvalue weighted by atomic mass is 9.85. The molecule has 2 aliphatic carbocycles. The molecular formula is C33H44N4O8S. The standard InChI is InChI=1S/C33H44N4O8S/c1-5-23-18-33(23,30(40)36-46(42,43)25-13-14-25)35-28(38)26-17-24-19-37(26)29(39)27(32(2,3)4)34-31(41)44-15-8-6-7-10-21-11-9-12-22(16-21)20-45-24/h5,7,9-12,16,23-27H,1,6,8,13-15,17-20H2,2-4H3,(H,34,41)(H,35,38)(H,36,40)/b10-7+/t23-,24-,26+,27-,33?/m1/s1. The minimum Gasteiger partial charge on any atom is -0.450 e. The van der Waals surface area contributed by atoms with Gasteiger partial charge in [0.2, 0.25) is 21.8 Å². The number of benzene rings is 1. The van der Waals surface area contributed by atoms with Crippen molar-refractivity contribution >= 4 is 39.9 Å². The summed E-state index contributed by atoms with van der Waals surface area (Å²) in [5.74, 6) is -2.40. The van der Waals surface area contributed by atoms with E-state index in [-0.39, 0.29) is 32.6 Å². The van der Waals surface area contributed by atoms with Crippen LogP contribution in [0.5, 0.6) is 0 Å². The zero-order chi connectivity index (χ0) is 33.3. The maximum atomic E-state index is 14.2. The summed E-state index contributed by atoms with van der Waals surface area (Å²) in [5, 5.41) is 4.88. The molecule has 4 bridgehead atoms. The highest BCUT2D eigenvalue weighted by molar-refractivity contribution is 7.91. The van der Waals surface area contributed by atoms with E-state index in [0.717, 1.165) is 11.1 Å². The molecule has 250 valence electrons. The minimum absolute atomic E-state index is 0.0694. The number of cyclic esters (lactones) is 1. The normalized spacial score (nSPS) is 29.8. The average Bonchev–Trinajstić information content (AvgIpc) is 3.92. The molecule has 2 aliphatic heterocycles. The monoisotopic (exact) mass is 656 g/mol. The molecule has 0 radical (unpaired) electrons. The largest absolute Gasteiger partial charge is 0.450 e. The lowest BCUT2D eigenvalue weighted by molar-refractivity contribution is -0.143. The van der Waals surface area contributed by atoms with Crippen LogP contribution in [0.15, 0.2) is 43.0 Å². The highest BCUT2D eigenvalue weighted by atomic mass is 32.2. The van der Waals surface area contributed by atoms with Gasteiger partial charge in [-0.15, -0.1) is 6.58 Å². The van der Waals surface area contributed by atoms with Gasteiger partial charge in [0, 0.05) is 18.9 Å². The van der Waals surface area contributed by atoms with Crippen LogP contribution in [0.3, 0.4) is 0 Å². The molecule has 4 aliphatic rings. The fourth-order valence-electron chi connectivity index (χ4n) is 5.99. The molecule has 46 heavy (non-hydrogen) atoms. The molecule has 1 unspecified atom stereocenters. The number of sulfonamides is 1. The molecule has 0 aromatic heterocycles. The Bertz CT molecular complexity index is 1520. The number of allylic oxidation sites excluding steroid dienone is 1. The number of rotatable bonds is 6. The summed E-state index contributed by atoms with van der Waals surface area (Å²) in [6.07, 6.45) is 6.81. The summed E-state index contributed by atoms with van der Waals surface area (Å²) < 4.78 is 38.9. The molecule has 2 saturated carbocycles. The van der Waals surface area contributed by atoms with Crippen LogP contribution in [0.1, 0.15) is 70.4 Å². The first-order chi connectivity index (χ1) is 21.7. The van der Waals surface area contributed by atoms with E-state index in [1.54, 1.807) is 20.8 Å². The first kappa shape index (κ1) is 33.6. The second-order valence-corrected chi connectivity index (χ2v) is 15.7. The lowest BCUT2D eigenvalue weighted by Crippen LogP contribution is -2.60. The van der Waals surface area contributed by atoms with Gasteiger partial charge in [-0.1, -0.05) is 57.2 Å². The van der Waals surface area contributed by atoms with Crippen LogP contribution in [0, 0.1) is 11.3 Å². The van der Waals surface area contributed by atoms with E-state index in [1.807, 2.05) is 36.4 Å².